The highest BCUT2D eigenvalue weighted by Gasteiger charge is 2.44. The van der Waals surface area contributed by atoms with Crippen LogP contribution in [0, 0.1) is 0 Å². The van der Waals surface area contributed by atoms with Crippen molar-refractivity contribution in [3.05, 3.63) is 24.3 Å². The molecule has 1 aliphatic rings. The van der Waals surface area contributed by atoms with Crippen molar-refractivity contribution in [1.29, 1.82) is 0 Å². The molecule has 1 aliphatic heterocycles. The van der Waals surface area contributed by atoms with E-state index in [1.54, 1.807) is 6.08 Å². The number of amides is 1. The summed E-state index contributed by atoms with van der Waals surface area (Å²) in [6.07, 6.45) is 91.1. The molecular weight excluding hydrogens is 1230 g/mol. The van der Waals surface area contributed by atoms with Crippen LogP contribution in [0.15, 0.2) is 24.3 Å². The molecule has 6 N–H and O–H groups in total. The average molecular weight is 1400 g/mol. The van der Waals surface area contributed by atoms with Crippen molar-refractivity contribution >= 4 is 11.9 Å². The molecule has 0 radical (unpaired) electrons. The standard InChI is InChI=1S/C88H169NO10/c1-3-5-7-9-11-13-15-17-19-20-45-48-52-56-60-64-68-72-76-84(93)97-77-73-69-65-61-57-53-49-46-43-41-39-37-35-33-31-29-27-25-23-21-22-24-26-28-30-32-34-36-38-40-42-44-47-51-55-59-63-67-71-75-83(92)89-80(79-98-88-87(96)86(95)85(94)82(78-90)99-88)81(91)74-70-66-62-58-54-50-18-16-14-12-10-8-6-4-2/h54,58,70,74,80-82,85-88,90-91,94-96H,3-53,55-57,59-69,71-73,75-79H2,1-2H3,(H,89,92)/b58-54+,74-70+. The quantitative estimate of drug-likeness (QED) is 0.0195. The molecule has 1 amide bonds. The molecule has 1 fully saturated rings. The molecule has 0 aromatic carbocycles. The first kappa shape index (κ1) is 95.2. The molecule has 7 unspecified atom stereocenters. The Hall–Kier alpha value is -1.86. The summed E-state index contributed by atoms with van der Waals surface area (Å²) in [7, 11) is 0. The number of rotatable bonds is 80. The van der Waals surface area contributed by atoms with Gasteiger partial charge in [-0.3, -0.25) is 9.59 Å². The minimum atomic E-state index is -1.57. The predicted octanol–water partition coefficient (Wildman–Crippen LogP) is 24.7. The second kappa shape index (κ2) is 77.2. The molecule has 1 heterocycles. The third-order valence-corrected chi connectivity index (χ3v) is 21.3. The summed E-state index contributed by atoms with van der Waals surface area (Å²) < 4.78 is 16.8. The normalized spacial score (nSPS) is 17.2. The van der Waals surface area contributed by atoms with E-state index in [0.717, 1.165) is 51.4 Å². The molecule has 7 atom stereocenters. The fourth-order valence-electron chi connectivity index (χ4n) is 14.5. The summed E-state index contributed by atoms with van der Waals surface area (Å²) in [6.45, 7) is 4.40. The van der Waals surface area contributed by atoms with Crippen molar-refractivity contribution in [2.24, 2.45) is 0 Å². The molecule has 0 aliphatic carbocycles. The lowest BCUT2D eigenvalue weighted by atomic mass is 9.99. The van der Waals surface area contributed by atoms with Crippen LogP contribution >= 0.6 is 0 Å². The predicted molar refractivity (Wildman–Crippen MR) is 421 cm³/mol. The van der Waals surface area contributed by atoms with Crippen molar-refractivity contribution in [2.45, 2.75) is 506 Å². The number of hydrogen-bond donors (Lipinski definition) is 6. The average Bonchev–Trinajstić information content (AvgIpc) is 0.825. The summed E-state index contributed by atoms with van der Waals surface area (Å²) >= 11 is 0. The van der Waals surface area contributed by atoms with Crippen molar-refractivity contribution in [3.8, 4) is 0 Å². The van der Waals surface area contributed by atoms with Crippen LogP contribution in [0.2, 0.25) is 0 Å². The zero-order chi connectivity index (χ0) is 71.5. The van der Waals surface area contributed by atoms with Gasteiger partial charge in [-0.2, -0.15) is 0 Å². The number of allylic oxidation sites excluding steroid dienone is 3. The van der Waals surface area contributed by atoms with Crippen molar-refractivity contribution in [3.63, 3.8) is 0 Å². The second-order valence-electron chi connectivity index (χ2n) is 31.0. The number of carbonyl (C=O) groups is 2. The first-order chi connectivity index (χ1) is 48.7. The molecule has 11 heteroatoms. The van der Waals surface area contributed by atoms with E-state index < -0.39 is 49.5 Å². The summed E-state index contributed by atoms with van der Waals surface area (Å²) in [5.74, 6) is -0.159. The summed E-state index contributed by atoms with van der Waals surface area (Å²) in [4.78, 5) is 25.2. The van der Waals surface area contributed by atoms with Crippen LogP contribution in [-0.2, 0) is 23.8 Å². The maximum Gasteiger partial charge on any atom is 0.305 e. The molecular formula is C88H169NO10. The summed E-state index contributed by atoms with van der Waals surface area (Å²) in [5, 5.41) is 54.6. The minimum Gasteiger partial charge on any atom is -0.466 e. The Morgan fingerprint density at radius 2 is 0.657 bits per heavy atom. The second-order valence-corrected chi connectivity index (χ2v) is 31.0. The van der Waals surface area contributed by atoms with Gasteiger partial charge in [0.15, 0.2) is 6.29 Å². The number of aliphatic hydroxyl groups is 5. The van der Waals surface area contributed by atoms with Gasteiger partial charge in [-0.25, -0.2) is 0 Å². The monoisotopic (exact) mass is 1400 g/mol. The number of ether oxygens (including phenoxy) is 3. The van der Waals surface area contributed by atoms with Gasteiger partial charge in [0.25, 0.3) is 0 Å². The maximum absolute atomic E-state index is 13.1. The number of nitrogens with one attached hydrogen (secondary N) is 1. The Balaban J connectivity index is 1.85. The summed E-state index contributed by atoms with van der Waals surface area (Å²) in [6, 6.07) is -0.823. The van der Waals surface area contributed by atoms with Crippen LogP contribution in [-0.4, -0.2) is 100 Å². The van der Waals surface area contributed by atoms with Crippen molar-refractivity contribution in [2.75, 3.05) is 19.8 Å². The Bertz CT molecular complexity index is 1690. The highest BCUT2D eigenvalue weighted by Crippen LogP contribution is 2.24. The zero-order valence-electron chi connectivity index (χ0n) is 65.7. The van der Waals surface area contributed by atoms with Crippen LogP contribution in [0.1, 0.15) is 463 Å². The highest BCUT2D eigenvalue weighted by atomic mass is 16.7. The Morgan fingerprint density at radius 3 is 1.00 bits per heavy atom. The molecule has 99 heavy (non-hydrogen) atoms. The van der Waals surface area contributed by atoms with E-state index in [1.807, 2.05) is 6.08 Å². The third-order valence-electron chi connectivity index (χ3n) is 21.3. The Kier molecular flexibility index (Phi) is 74.2. The third kappa shape index (κ3) is 65.4. The first-order valence-corrected chi connectivity index (χ1v) is 44.1. The summed E-state index contributed by atoms with van der Waals surface area (Å²) in [5.41, 5.74) is 0. The lowest BCUT2D eigenvalue weighted by Crippen LogP contribution is -2.60. The number of aliphatic hydroxyl groups excluding tert-OH is 5. The minimum absolute atomic E-state index is 0.0239. The van der Waals surface area contributed by atoms with E-state index in [2.05, 4.69) is 31.3 Å². The number of hydrogen-bond acceptors (Lipinski definition) is 10. The van der Waals surface area contributed by atoms with Gasteiger partial charge in [0.1, 0.15) is 24.4 Å². The molecule has 0 bridgehead atoms. The van der Waals surface area contributed by atoms with Crippen LogP contribution in [0.25, 0.3) is 0 Å². The lowest BCUT2D eigenvalue weighted by molar-refractivity contribution is -0.302. The van der Waals surface area contributed by atoms with E-state index in [1.165, 1.54) is 385 Å². The Morgan fingerprint density at radius 1 is 0.364 bits per heavy atom. The van der Waals surface area contributed by atoms with Gasteiger partial charge in [-0.1, -0.05) is 430 Å². The SMILES string of the molecule is CCCCCCCCCC/C=C/CC/C=C/C(O)C(COC1OC(CO)C(O)C(O)C1O)NC(=O)CCCCCCCCCCCCCCCCCCCCCCCCCCCCCCCCCCCCCCCCCOC(=O)CCCCCCCCCCCCCCCCCCCC. The number of esters is 1. The van der Waals surface area contributed by atoms with Crippen LogP contribution in [0.5, 0.6) is 0 Å². The van der Waals surface area contributed by atoms with Gasteiger partial charge in [0.05, 0.1) is 32.0 Å². The van der Waals surface area contributed by atoms with Crippen molar-refractivity contribution in [1.82, 2.24) is 5.32 Å². The van der Waals surface area contributed by atoms with Crippen molar-refractivity contribution < 1.29 is 49.3 Å². The maximum atomic E-state index is 13.1. The van der Waals surface area contributed by atoms with Gasteiger partial charge in [0.2, 0.25) is 5.91 Å². The fraction of sp³-hybridized carbons (Fsp3) is 0.932. The molecule has 1 saturated heterocycles. The van der Waals surface area contributed by atoms with Gasteiger partial charge in [-0.15, -0.1) is 0 Å². The molecule has 0 aromatic heterocycles. The first-order valence-electron chi connectivity index (χ1n) is 44.1. The topological polar surface area (TPSA) is 175 Å². The zero-order valence-corrected chi connectivity index (χ0v) is 65.7. The molecule has 586 valence electrons. The van der Waals surface area contributed by atoms with Gasteiger partial charge in [0, 0.05) is 12.8 Å². The molecule has 0 aromatic rings. The van der Waals surface area contributed by atoms with Crippen LogP contribution < -0.4 is 5.32 Å². The van der Waals surface area contributed by atoms with E-state index in [-0.39, 0.29) is 18.5 Å². The van der Waals surface area contributed by atoms with E-state index >= 15 is 0 Å². The molecule has 0 spiro atoms. The van der Waals surface area contributed by atoms with Gasteiger partial charge >= 0.3 is 5.97 Å². The number of unbranched alkanes of at least 4 members (excludes halogenated alkanes) is 64. The van der Waals surface area contributed by atoms with E-state index in [4.69, 9.17) is 14.2 Å². The molecule has 0 saturated carbocycles. The van der Waals surface area contributed by atoms with Gasteiger partial charge in [-0.05, 0) is 44.9 Å². The molecule has 11 nitrogen and oxygen atoms in total. The smallest absolute Gasteiger partial charge is 0.305 e. The van der Waals surface area contributed by atoms with Crippen LogP contribution in [0.4, 0.5) is 0 Å². The van der Waals surface area contributed by atoms with Gasteiger partial charge < -0.3 is 45.1 Å². The van der Waals surface area contributed by atoms with E-state index in [0.29, 0.717) is 19.4 Å². The fourth-order valence-corrected chi connectivity index (χ4v) is 14.5. The molecule has 1 rings (SSSR count). The largest absolute Gasteiger partial charge is 0.466 e. The highest BCUT2D eigenvalue weighted by molar-refractivity contribution is 5.76. The van der Waals surface area contributed by atoms with E-state index in [9.17, 15) is 35.1 Å². The van der Waals surface area contributed by atoms with Crippen LogP contribution in [0.3, 0.4) is 0 Å². The Labute approximate surface area is 613 Å². The number of carbonyl (C=O) groups excluding carboxylic acids is 2. The lowest BCUT2D eigenvalue weighted by Gasteiger charge is -2.40.